The topological polar surface area (TPSA) is 231 Å². The third-order valence-corrected chi connectivity index (χ3v) is 13.6. The highest BCUT2D eigenvalue weighted by molar-refractivity contribution is 4.96. The third kappa shape index (κ3) is 12.8. The van der Waals surface area contributed by atoms with Crippen LogP contribution in [0, 0.1) is 0 Å². The Balaban J connectivity index is 1.05. The molecule has 24 unspecified atom stereocenters. The van der Waals surface area contributed by atoms with Crippen molar-refractivity contribution in [1.29, 1.82) is 0 Å². The molecule has 404 valence electrons. The maximum atomic E-state index is 6.58. The highest BCUT2D eigenvalue weighted by Gasteiger charge is 2.54. The van der Waals surface area contributed by atoms with Crippen LogP contribution in [0.2, 0.25) is 0 Å². The molecule has 25 heteroatoms. The summed E-state index contributed by atoms with van der Waals surface area (Å²) in [6, 6.07) is 0. The van der Waals surface area contributed by atoms with Gasteiger partial charge in [0.25, 0.3) is 0 Å². The Morgan fingerprint density at radius 2 is 0.362 bits per heavy atom. The average Bonchev–Trinajstić information content (AvgIpc) is 3.38. The molecule has 6 fully saturated rings. The Labute approximate surface area is 404 Å². The van der Waals surface area contributed by atoms with E-state index < -0.39 is 142 Å². The molecule has 0 aliphatic carbocycles. The van der Waals surface area contributed by atoms with Crippen LogP contribution in [0.15, 0.2) is 0 Å². The minimum Gasteiger partial charge on any atom is -0.376 e. The monoisotopic (exact) mass is 1010 g/mol. The van der Waals surface area contributed by atoms with Gasteiger partial charge >= 0.3 is 0 Å². The fourth-order valence-electron chi connectivity index (χ4n) is 10.1. The molecule has 6 rings (SSSR count). The van der Waals surface area contributed by atoms with Gasteiger partial charge in [-0.25, -0.2) is 0 Å². The van der Waals surface area contributed by atoms with Gasteiger partial charge in [-0.15, -0.1) is 0 Å². The summed E-state index contributed by atoms with van der Waals surface area (Å²) >= 11 is 0. The minimum absolute atomic E-state index is 0.0218. The predicted molar refractivity (Wildman–Crippen MR) is 230 cm³/mol. The van der Waals surface area contributed by atoms with E-state index in [2.05, 4.69) is 0 Å². The quantitative estimate of drug-likeness (QED) is 0.112. The summed E-state index contributed by atoms with van der Waals surface area (Å²) in [6.45, 7) is 0.563. The van der Waals surface area contributed by atoms with Gasteiger partial charge in [-0.3, -0.25) is 0 Å². The number of rotatable bonds is 24. The summed E-state index contributed by atoms with van der Waals surface area (Å²) in [5.41, 5.74) is 0. The first-order valence-corrected chi connectivity index (χ1v) is 23.0. The van der Waals surface area contributed by atoms with Gasteiger partial charge in [0, 0.05) is 99.5 Å². The fraction of sp³-hybridized carbons (Fsp3) is 1.00. The lowest BCUT2D eigenvalue weighted by Crippen LogP contribution is -2.64. The van der Waals surface area contributed by atoms with E-state index in [1.165, 1.54) is 35.5 Å². The summed E-state index contributed by atoms with van der Waals surface area (Å²) in [5.74, 6) is 0. The van der Waals surface area contributed by atoms with Crippen molar-refractivity contribution in [3.05, 3.63) is 0 Å². The predicted octanol–water partition coefficient (Wildman–Crippen LogP) is -1.11. The van der Waals surface area contributed by atoms with E-state index in [1.807, 2.05) is 0 Å². The number of methoxy groups -OCH3 is 14. The zero-order valence-corrected chi connectivity index (χ0v) is 42.3. The SMILES string of the molecule is COC1COC(OC2COC(OC3COC(OC4COC(OC5COC(OC6COC(OC)C(OC)C6OC)C(OC)C5OC)C(OC)C4OC)C(OC)C3OC)C(OC)C2OC)C(OC)C1OC. The number of hydrogen-bond donors (Lipinski definition) is 0. The summed E-state index contributed by atoms with van der Waals surface area (Å²) in [7, 11) is 21.7. The van der Waals surface area contributed by atoms with Crippen molar-refractivity contribution in [3.63, 3.8) is 0 Å². The molecule has 0 spiro atoms. The zero-order chi connectivity index (χ0) is 49.8. The van der Waals surface area contributed by atoms with Gasteiger partial charge in [-0.2, -0.15) is 0 Å². The van der Waals surface area contributed by atoms with E-state index in [0.717, 1.165) is 0 Å². The van der Waals surface area contributed by atoms with Crippen molar-refractivity contribution >= 4 is 0 Å². The molecule has 24 atom stereocenters. The lowest BCUT2D eigenvalue weighted by atomic mass is 10.0. The van der Waals surface area contributed by atoms with Gasteiger partial charge < -0.3 is 118 Å². The standard InChI is InChI=1S/C44H78O25/c1-45-21-15-60-40(34(53-9)27(21)46-2)66-23-17-62-42(36(55-11)29(23)48-4)68-25-19-64-44(38(57-13)31(25)50-6)69-26-20-63-43(37(56-12)32(26)51-7)67-24-18-61-41(35(54-10)30(24)49-5)65-22-16-59-39(58-14)33(52-8)28(22)47-3/h21-44H,15-20H2,1-14H3. The molecule has 6 heterocycles. The van der Waals surface area contributed by atoms with Crippen molar-refractivity contribution in [2.24, 2.45) is 0 Å². The van der Waals surface area contributed by atoms with E-state index in [1.54, 1.807) is 64.0 Å². The van der Waals surface area contributed by atoms with Crippen LogP contribution in [0.1, 0.15) is 0 Å². The van der Waals surface area contributed by atoms with Gasteiger partial charge in [0.05, 0.1) is 39.6 Å². The second-order valence-electron chi connectivity index (χ2n) is 17.0. The molecule has 6 saturated heterocycles. The largest absolute Gasteiger partial charge is 0.376 e. The lowest BCUT2D eigenvalue weighted by Gasteiger charge is -2.48. The van der Waals surface area contributed by atoms with Gasteiger partial charge in [-0.1, -0.05) is 0 Å². The van der Waals surface area contributed by atoms with Crippen molar-refractivity contribution in [3.8, 4) is 0 Å². The van der Waals surface area contributed by atoms with Crippen molar-refractivity contribution in [2.45, 2.75) is 148 Å². The van der Waals surface area contributed by atoms with Crippen LogP contribution in [0.3, 0.4) is 0 Å². The molecule has 0 aromatic carbocycles. The first-order chi connectivity index (χ1) is 33.6. The summed E-state index contributed by atoms with van der Waals surface area (Å²) in [6.07, 6.45) is -16.7. The van der Waals surface area contributed by atoms with Gasteiger partial charge in [0.15, 0.2) is 37.7 Å². The smallest absolute Gasteiger partial charge is 0.187 e. The van der Waals surface area contributed by atoms with Crippen LogP contribution in [0.5, 0.6) is 0 Å². The molecule has 69 heavy (non-hydrogen) atoms. The molecule has 0 bridgehead atoms. The van der Waals surface area contributed by atoms with E-state index in [0.29, 0.717) is 0 Å². The maximum Gasteiger partial charge on any atom is 0.187 e. The highest BCUT2D eigenvalue weighted by atomic mass is 16.8. The first kappa shape index (κ1) is 57.3. The Hall–Kier alpha value is -1.00. The van der Waals surface area contributed by atoms with Gasteiger partial charge in [0.1, 0.15) is 110 Å². The Bertz CT molecular complexity index is 1340. The van der Waals surface area contributed by atoms with Crippen LogP contribution in [-0.2, 0) is 118 Å². The lowest BCUT2D eigenvalue weighted by molar-refractivity contribution is -0.372. The van der Waals surface area contributed by atoms with Crippen LogP contribution in [0.4, 0.5) is 0 Å². The van der Waals surface area contributed by atoms with Gasteiger partial charge in [0.2, 0.25) is 0 Å². The van der Waals surface area contributed by atoms with Crippen molar-refractivity contribution < 1.29 is 118 Å². The van der Waals surface area contributed by atoms with Crippen LogP contribution >= 0.6 is 0 Å². The van der Waals surface area contributed by atoms with E-state index in [4.69, 9.17) is 118 Å². The Morgan fingerprint density at radius 3 is 0.551 bits per heavy atom. The van der Waals surface area contributed by atoms with E-state index in [9.17, 15) is 0 Å². The minimum atomic E-state index is -0.954. The van der Waals surface area contributed by atoms with E-state index in [-0.39, 0.29) is 45.7 Å². The molecule has 0 amide bonds. The zero-order valence-electron chi connectivity index (χ0n) is 42.3. The number of hydrogen-bond acceptors (Lipinski definition) is 25. The molecule has 0 N–H and O–H groups in total. The molecular weight excluding hydrogens is 928 g/mol. The molecule has 0 radical (unpaired) electrons. The molecule has 6 aliphatic heterocycles. The normalized spacial score (nSPS) is 45.7. The first-order valence-electron chi connectivity index (χ1n) is 23.0. The van der Waals surface area contributed by atoms with Crippen LogP contribution in [-0.4, -0.2) is 287 Å². The van der Waals surface area contributed by atoms with Gasteiger partial charge in [-0.05, 0) is 0 Å². The molecule has 0 aromatic rings. The second kappa shape index (κ2) is 28.1. The summed E-state index contributed by atoms with van der Waals surface area (Å²) in [5, 5.41) is 0. The molecule has 0 saturated carbocycles. The molecular formula is C44H78O25. The third-order valence-electron chi connectivity index (χ3n) is 13.6. The second-order valence-corrected chi connectivity index (χ2v) is 17.0. The average molecular weight is 1010 g/mol. The summed E-state index contributed by atoms with van der Waals surface area (Å²) in [4.78, 5) is 0. The van der Waals surface area contributed by atoms with E-state index >= 15 is 0 Å². The van der Waals surface area contributed by atoms with Crippen LogP contribution < -0.4 is 0 Å². The Morgan fingerprint density at radius 1 is 0.188 bits per heavy atom. The Kier molecular flexibility index (Phi) is 23.3. The van der Waals surface area contributed by atoms with Crippen molar-refractivity contribution in [2.75, 3.05) is 139 Å². The van der Waals surface area contributed by atoms with Crippen LogP contribution in [0.25, 0.3) is 0 Å². The van der Waals surface area contributed by atoms with Crippen molar-refractivity contribution in [1.82, 2.24) is 0 Å². The fourth-order valence-corrected chi connectivity index (χ4v) is 10.1. The summed E-state index contributed by atoms with van der Waals surface area (Å²) < 4.78 is 151. The molecule has 0 aromatic heterocycles. The highest BCUT2D eigenvalue weighted by Crippen LogP contribution is 2.36. The number of ether oxygens (including phenoxy) is 25. The maximum absolute atomic E-state index is 6.58. The molecule has 25 nitrogen and oxygen atoms in total. The molecule has 6 aliphatic rings.